The maximum atomic E-state index is 14.1. The third-order valence-corrected chi connectivity index (χ3v) is 7.94. The minimum absolute atomic E-state index is 0.0298. The molecule has 1 heterocycles. The molecule has 1 aromatic heterocycles. The minimum atomic E-state index is -10.1. The molecule has 2 aliphatic rings. The molecule has 2 atom stereocenters. The molecule has 0 aliphatic heterocycles. The fourth-order valence-electron chi connectivity index (χ4n) is 4.56. The van der Waals surface area contributed by atoms with Gasteiger partial charge in [-0.2, -0.15) is 0 Å². The summed E-state index contributed by atoms with van der Waals surface area (Å²) in [6.45, 7) is 0. The topological polar surface area (TPSA) is 79.4 Å². The number of carbonyl (C=O) groups is 3. The first-order chi connectivity index (χ1) is 17.8. The van der Waals surface area contributed by atoms with E-state index in [1.54, 1.807) is 0 Å². The van der Waals surface area contributed by atoms with Crippen molar-refractivity contribution in [2.75, 3.05) is 4.90 Å². The lowest BCUT2D eigenvalue weighted by molar-refractivity contribution is -0.140. The zero-order valence-corrected chi connectivity index (χ0v) is 20.9. The van der Waals surface area contributed by atoms with Gasteiger partial charge in [0.15, 0.2) is 0 Å². The summed E-state index contributed by atoms with van der Waals surface area (Å²) in [4.78, 5) is 41.1. The van der Waals surface area contributed by atoms with Crippen LogP contribution >= 0.6 is 10.2 Å². The zero-order valence-electron chi connectivity index (χ0n) is 20.1. The number of hydrogen-bond acceptors (Lipinski definition) is 4. The normalized spacial score (nSPS) is 22.2. The Morgan fingerprint density at radius 1 is 1.00 bits per heavy atom. The first-order valence-electron chi connectivity index (χ1n) is 11.8. The van der Waals surface area contributed by atoms with Gasteiger partial charge < -0.3 is 5.32 Å². The lowest BCUT2D eigenvalue weighted by Crippen LogP contribution is -2.51. The molecule has 214 valence electrons. The van der Waals surface area contributed by atoms with Gasteiger partial charge in [-0.15, -0.1) is 0 Å². The monoisotopic (exact) mass is 585 g/mol. The number of carbonyl (C=O) groups excluding carboxylic acids is 3. The molecular weight excluding hydrogens is 562 g/mol. The van der Waals surface area contributed by atoms with Crippen LogP contribution in [-0.2, 0) is 14.4 Å². The SMILES string of the molecule is O=C1CCC1C(=O)N(c1ccc(S(F)(F)(F)(F)F)cc1)C(C(=O)NC1CCC(F)(F)CC1)c1cncc(F)c1. The summed E-state index contributed by atoms with van der Waals surface area (Å²) in [7, 11) is -10.1. The van der Waals surface area contributed by atoms with Crippen molar-refractivity contribution >= 4 is 33.5 Å². The molecule has 2 amide bonds. The van der Waals surface area contributed by atoms with Gasteiger partial charge in [-0.05, 0) is 49.6 Å². The van der Waals surface area contributed by atoms with Crippen molar-refractivity contribution in [2.45, 2.75) is 61.4 Å². The lowest BCUT2D eigenvalue weighted by Gasteiger charge is -2.41. The summed E-state index contributed by atoms with van der Waals surface area (Å²) in [6, 6.07) is -0.576. The van der Waals surface area contributed by atoms with Crippen LogP contribution in [0.25, 0.3) is 0 Å². The Morgan fingerprint density at radius 3 is 2.10 bits per heavy atom. The summed E-state index contributed by atoms with van der Waals surface area (Å²) in [5, 5.41) is 2.52. The van der Waals surface area contributed by atoms with Crippen molar-refractivity contribution in [3.8, 4) is 0 Å². The van der Waals surface area contributed by atoms with Crippen LogP contribution in [0.2, 0.25) is 0 Å². The predicted octanol–water partition coefficient (Wildman–Crippen LogP) is 6.63. The lowest BCUT2D eigenvalue weighted by atomic mass is 9.82. The number of hydrogen-bond donors (Lipinski definition) is 1. The van der Waals surface area contributed by atoms with Crippen LogP contribution in [0.4, 0.5) is 38.3 Å². The summed E-state index contributed by atoms with van der Waals surface area (Å²) in [6.07, 6.45) is 0.577. The van der Waals surface area contributed by atoms with Crippen LogP contribution < -0.4 is 10.2 Å². The number of nitrogens with one attached hydrogen (secondary N) is 1. The average molecular weight is 586 g/mol. The molecule has 1 aromatic carbocycles. The molecule has 2 fully saturated rings. The highest BCUT2D eigenvalue weighted by molar-refractivity contribution is 8.45. The second kappa shape index (κ2) is 9.17. The van der Waals surface area contributed by atoms with Crippen LogP contribution in [0, 0.1) is 11.7 Å². The number of ketones is 1. The summed E-state index contributed by atoms with van der Waals surface area (Å²) in [5.74, 6) is -7.68. The number of alkyl halides is 2. The Balaban J connectivity index is 1.78. The van der Waals surface area contributed by atoms with Crippen molar-refractivity contribution in [1.82, 2.24) is 10.3 Å². The van der Waals surface area contributed by atoms with Crippen molar-refractivity contribution < 1.29 is 47.0 Å². The summed E-state index contributed by atoms with van der Waals surface area (Å²) >= 11 is 0. The Labute approximate surface area is 217 Å². The van der Waals surface area contributed by atoms with E-state index in [0.717, 1.165) is 18.5 Å². The Morgan fingerprint density at radius 2 is 1.62 bits per heavy atom. The van der Waals surface area contributed by atoms with Gasteiger partial charge in [-0.3, -0.25) is 24.3 Å². The fourth-order valence-corrected chi connectivity index (χ4v) is 5.21. The number of nitrogens with zero attached hydrogens (tertiary/aromatic N) is 2. The molecule has 2 saturated carbocycles. The molecule has 39 heavy (non-hydrogen) atoms. The molecular formula is C24H23F8N3O3S. The molecule has 0 saturated heterocycles. The molecule has 4 rings (SSSR count). The van der Waals surface area contributed by atoms with E-state index in [0.29, 0.717) is 17.0 Å². The molecule has 2 aromatic rings. The quantitative estimate of drug-likeness (QED) is 0.293. The maximum absolute atomic E-state index is 14.1. The molecule has 0 radical (unpaired) electrons. The van der Waals surface area contributed by atoms with Crippen molar-refractivity contribution in [2.24, 2.45) is 5.92 Å². The number of aromatic nitrogens is 1. The first-order valence-corrected chi connectivity index (χ1v) is 13.8. The molecule has 0 bridgehead atoms. The van der Waals surface area contributed by atoms with Crippen LogP contribution in [0.3, 0.4) is 0 Å². The second-order valence-electron chi connectivity index (χ2n) is 9.71. The number of Topliss-reactive ketones (excluding diaryl/α,β-unsaturated/α-hetero) is 1. The summed E-state index contributed by atoms with van der Waals surface area (Å²) < 4.78 is 108. The summed E-state index contributed by atoms with van der Waals surface area (Å²) in [5.41, 5.74) is -0.699. The van der Waals surface area contributed by atoms with Crippen LogP contribution in [0.1, 0.15) is 50.1 Å². The van der Waals surface area contributed by atoms with Gasteiger partial charge in [0.1, 0.15) is 22.5 Å². The molecule has 15 heteroatoms. The third kappa shape index (κ3) is 6.50. The van der Waals surface area contributed by atoms with Gasteiger partial charge in [0.05, 0.1) is 12.1 Å². The average Bonchev–Trinajstić information content (AvgIpc) is 2.81. The van der Waals surface area contributed by atoms with E-state index in [2.05, 4.69) is 10.3 Å². The van der Waals surface area contributed by atoms with E-state index in [1.807, 2.05) is 0 Å². The van der Waals surface area contributed by atoms with Gasteiger partial charge in [0.25, 0.3) is 0 Å². The van der Waals surface area contributed by atoms with Gasteiger partial charge in [-0.25, -0.2) is 13.2 Å². The van der Waals surface area contributed by atoms with E-state index in [4.69, 9.17) is 0 Å². The van der Waals surface area contributed by atoms with E-state index in [-0.39, 0.29) is 43.4 Å². The Hall–Kier alpha value is -3.23. The molecule has 2 unspecified atom stereocenters. The molecule has 6 nitrogen and oxygen atoms in total. The largest absolute Gasteiger partial charge is 0.351 e. The maximum Gasteiger partial charge on any atom is 0.310 e. The molecule has 0 spiro atoms. The van der Waals surface area contributed by atoms with Crippen molar-refractivity contribution in [1.29, 1.82) is 0 Å². The Kier molecular flexibility index (Phi) is 6.76. The van der Waals surface area contributed by atoms with Gasteiger partial charge in [0, 0.05) is 42.8 Å². The number of halogens is 8. The molecule has 1 N–H and O–H groups in total. The first kappa shape index (κ1) is 28.8. The van der Waals surface area contributed by atoms with Crippen LogP contribution in [0.15, 0.2) is 47.6 Å². The number of pyridine rings is 1. The highest BCUT2D eigenvalue weighted by atomic mass is 32.5. The zero-order chi connectivity index (χ0) is 28.9. The smallest absolute Gasteiger partial charge is 0.310 e. The predicted molar refractivity (Wildman–Crippen MR) is 125 cm³/mol. The number of benzene rings is 1. The van der Waals surface area contributed by atoms with Crippen LogP contribution in [-0.4, -0.2) is 34.5 Å². The van der Waals surface area contributed by atoms with E-state index in [9.17, 15) is 47.0 Å². The van der Waals surface area contributed by atoms with Gasteiger partial charge in [-0.1, -0.05) is 19.4 Å². The number of anilines is 1. The second-order valence-corrected chi connectivity index (χ2v) is 12.1. The Bertz CT molecular complexity index is 1300. The third-order valence-electron chi connectivity index (χ3n) is 6.78. The highest BCUT2D eigenvalue weighted by Crippen LogP contribution is 3.02. The van der Waals surface area contributed by atoms with Crippen molar-refractivity contribution in [3.63, 3.8) is 0 Å². The van der Waals surface area contributed by atoms with Crippen LogP contribution in [0.5, 0.6) is 0 Å². The number of rotatable bonds is 7. The highest BCUT2D eigenvalue weighted by Gasteiger charge is 2.65. The fraction of sp³-hybridized carbons (Fsp3) is 0.417. The molecule has 2 aliphatic carbocycles. The van der Waals surface area contributed by atoms with E-state index in [1.165, 1.54) is 0 Å². The van der Waals surface area contributed by atoms with Gasteiger partial charge >= 0.3 is 10.2 Å². The van der Waals surface area contributed by atoms with E-state index < -0.39 is 81.0 Å². The number of amides is 2. The van der Waals surface area contributed by atoms with E-state index >= 15 is 0 Å². The van der Waals surface area contributed by atoms with Gasteiger partial charge in [0.2, 0.25) is 17.7 Å². The standard InChI is InChI=1S/C24H23F8N3O3S/c25-15-11-14(12-33-13-15)21(22(37)34-16-7-9-24(26,27)10-8-16)35(23(38)19-5-6-20(19)36)17-1-3-18(4-2-17)39(28,29,30,31)32/h1-4,11-13,16,19,21H,5-10H2,(H,34,37). The minimum Gasteiger partial charge on any atom is -0.351 e. The van der Waals surface area contributed by atoms with Crippen molar-refractivity contribution in [3.05, 3.63) is 54.1 Å².